The molecule has 0 spiro atoms. The van der Waals surface area contributed by atoms with Crippen LogP contribution in [0.15, 0.2) is 24.3 Å². The van der Waals surface area contributed by atoms with Crippen molar-refractivity contribution in [2.45, 2.75) is 25.7 Å². The highest BCUT2D eigenvalue weighted by molar-refractivity contribution is 5.76. The van der Waals surface area contributed by atoms with Gasteiger partial charge in [0.1, 0.15) is 5.75 Å². The number of carboxylic acid groups (broad SMARTS) is 1. The zero-order valence-electron chi connectivity index (χ0n) is 10.2. The molecule has 3 nitrogen and oxygen atoms in total. The fraction of sp³-hybridized carbons (Fsp3) is 0.500. The lowest BCUT2D eigenvalue weighted by molar-refractivity contribution is -0.140. The van der Waals surface area contributed by atoms with Crippen LogP contribution in [0.5, 0.6) is 5.75 Å². The van der Waals surface area contributed by atoms with Crippen LogP contribution in [-0.4, -0.2) is 18.2 Å². The van der Waals surface area contributed by atoms with Crippen molar-refractivity contribution in [1.82, 2.24) is 0 Å². The van der Waals surface area contributed by atoms with E-state index in [0.717, 1.165) is 11.3 Å². The maximum absolute atomic E-state index is 11.4. The predicted molar refractivity (Wildman–Crippen MR) is 65.3 cm³/mol. The first-order valence-electron chi connectivity index (χ1n) is 6.00. The molecule has 0 aliphatic heterocycles. The molecule has 3 heteroatoms. The van der Waals surface area contributed by atoms with Crippen LogP contribution < -0.4 is 4.74 Å². The van der Waals surface area contributed by atoms with Gasteiger partial charge in [-0.05, 0) is 42.4 Å². The Kier molecular flexibility index (Phi) is 3.36. The smallest absolute Gasteiger partial charge is 0.311 e. The van der Waals surface area contributed by atoms with Crippen LogP contribution in [0.1, 0.15) is 31.2 Å². The van der Waals surface area contributed by atoms with Gasteiger partial charge in [0, 0.05) is 0 Å². The molecule has 0 aromatic heterocycles. The van der Waals surface area contributed by atoms with Gasteiger partial charge in [-0.15, -0.1) is 0 Å². The molecule has 1 aromatic carbocycles. The van der Waals surface area contributed by atoms with Crippen LogP contribution >= 0.6 is 0 Å². The van der Waals surface area contributed by atoms with Crippen molar-refractivity contribution >= 4 is 5.97 Å². The monoisotopic (exact) mass is 234 g/mol. The molecular formula is C14H18O3. The van der Waals surface area contributed by atoms with E-state index in [2.05, 4.69) is 0 Å². The largest absolute Gasteiger partial charge is 0.497 e. The third-order valence-electron chi connectivity index (χ3n) is 3.63. The van der Waals surface area contributed by atoms with Crippen LogP contribution in [0, 0.1) is 11.8 Å². The van der Waals surface area contributed by atoms with Crippen molar-refractivity contribution in [2.75, 3.05) is 7.11 Å². The van der Waals surface area contributed by atoms with Gasteiger partial charge < -0.3 is 9.84 Å². The summed E-state index contributed by atoms with van der Waals surface area (Å²) in [6, 6.07) is 7.36. The first-order valence-corrected chi connectivity index (χ1v) is 6.00. The van der Waals surface area contributed by atoms with Crippen LogP contribution in [0.2, 0.25) is 0 Å². The number of methoxy groups -OCH3 is 1. The molecule has 1 aromatic rings. The maximum atomic E-state index is 11.4. The molecule has 2 unspecified atom stereocenters. The van der Waals surface area contributed by atoms with Gasteiger partial charge in [-0.1, -0.05) is 19.1 Å². The molecule has 0 saturated heterocycles. The summed E-state index contributed by atoms with van der Waals surface area (Å²) in [5.74, 6) is 0.430. The Hall–Kier alpha value is -1.51. The van der Waals surface area contributed by atoms with Crippen LogP contribution in [0.3, 0.4) is 0 Å². The summed E-state index contributed by atoms with van der Waals surface area (Å²) in [4.78, 5) is 11.4. The zero-order chi connectivity index (χ0) is 12.4. The first kappa shape index (κ1) is 12.0. The van der Waals surface area contributed by atoms with Crippen LogP contribution in [0.4, 0.5) is 0 Å². The van der Waals surface area contributed by atoms with Crippen LogP contribution in [0.25, 0.3) is 0 Å². The Morgan fingerprint density at radius 1 is 1.35 bits per heavy atom. The number of benzene rings is 1. The van der Waals surface area contributed by atoms with Crippen molar-refractivity contribution in [2.24, 2.45) is 11.8 Å². The molecule has 0 bridgehead atoms. The topological polar surface area (TPSA) is 46.5 Å². The number of carboxylic acids is 1. The van der Waals surface area contributed by atoms with Gasteiger partial charge in [-0.2, -0.15) is 0 Å². The minimum absolute atomic E-state index is 0.209. The third kappa shape index (κ3) is 2.60. The molecule has 1 aliphatic carbocycles. The van der Waals surface area contributed by atoms with Crippen LogP contribution in [-0.2, 0) is 4.79 Å². The molecule has 1 fully saturated rings. The average molecular weight is 234 g/mol. The van der Waals surface area contributed by atoms with Crippen molar-refractivity contribution in [3.63, 3.8) is 0 Å². The van der Waals surface area contributed by atoms with E-state index < -0.39 is 11.9 Å². The molecular weight excluding hydrogens is 216 g/mol. The van der Waals surface area contributed by atoms with E-state index in [9.17, 15) is 9.90 Å². The third-order valence-corrected chi connectivity index (χ3v) is 3.63. The van der Waals surface area contributed by atoms with Gasteiger partial charge in [-0.25, -0.2) is 0 Å². The SMILES string of the molecule is COc1ccc(C(C(=O)O)C(C)C2CC2)cc1. The molecule has 0 radical (unpaired) electrons. The van der Waals surface area contributed by atoms with Gasteiger partial charge >= 0.3 is 5.97 Å². The van der Waals surface area contributed by atoms with Gasteiger partial charge in [0.15, 0.2) is 0 Å². The average Bonchev–Trinajstić information content (AvgIpc) is 3.13. The Morgan fingerprint density at radius 3 is 2.35 bits per heavy atom. The first-order chi connectivity index (χ1) is 8.13. The lowest BCUT2D eigenvalue weighted by atomic mass is 9.84. The highest BCUT2D eigenvalue weighted by Crippen LogP contribution is 2.43. The Morgan fingerprint density at radius 2 is 1.94 bits per heavy atom. The van der Waals surface area contributed by atoms with Crippen molar-refractivity contribution in [3.05, 3.63) is 29.8 Å². The van der Waals surface area contributed by atoms with E-state index in [1.807, 2.05) is 31.2 Å². The fourth-order valence-electron chi connectivity index (χ4n) is 2.38. The Balaban J connectivity index is 2.21. The Labute approximate surface area is 101 Å². The van der Waals surface area contributed by atoms with E-state index in [4.69, 9.17) is 4.74 Å². The maximum Gasteiger partial charge on any atom is 0.311 e. The van der Waals surface area contributed by atoms with Crippen molar-refractivity contribution < 1.29 is 14.6 Å². The predicted octanol–water partition coefficient (Wildman–Crippen LogP) is 2.91. The van der Waals surface area contributed by atoms with E-state index in [1.54, 1.807) is 7.11 Å². The summed E-state index contributed by atoms with van der Waals surface area (Å²) in [6.45, 7) is 2.04. The molecule has 2 rings (SSSR count). The van der Waals surface area contributed by atoms with E-state index >= 15 is 0 Å². The Bertz CT molecular complexity index is 392. The summed E-state index contributed by atoms with van der Waals surface area (Å²) in [6.07, 6.45) is 2.34. The van der Waals surface area contributed by atoms with E-state index in [-0.39, 0.29) is 5.92 Å². The quantitative estimate of drug-likeness (QED) is 0.852. The second-order valence-corrected chi connectivity index (χ2v) is 4.79. The minimum Gasteiger partial charge on any atom is -0.497 e. The number of ether oxygens (including phenoxy) is 1. The molecule has 2 atom stereocenters. The van der Waals surface area contributed by atoms with Gasteiger partial charge in [0.2, 0.25) is 0 Å². The second kappa shape index (κ2) is 4.78. The number of carbonyl (C=O) groups is 1. The summed E-state index contributed by atoms with van der Waals surface area (Å²) >= 11 is 0. The molecule has 1 aliphatic rings. The number of hydrogen-bond donors (Lipinski definition) is 1. The number of aliphatic carboxylic acids is 1. The molecule has 17 heavy (non-hydrogen) atoms. The lowest BCUT2D eigenvalue weighted by Gasteiger charge is -2.20. The fourth-order valence-corrected chi connectivity index (χ4v) is 2.38. The zero-order valence-corrected chi connectivity index (χ0v) is 10.2. The summed E-state index contributed by atoms with van der Waals surface area (Å²) in [5.41, 5.74) is 0.873. The highest BCUT2D eigenvalue weighted by Gasteiger charge is 2.37. The standard InChI is InChI=1S/C14H18O3/c1-9(10-3-4-10)13(14(15)16)11-5-7-12(17-2)8-6-11/h5-10,13H,3-4H2,1-2H3,(H,15,16). The second-order valence-electron chi connectivity index (χ2n) is 4.79. The molecule has 1 saturated carbocycles. The lowest BCUT2D eigenvalue weighted by Crippen LogP contribution is -2.20. The highest BCUT2D eigenvalue weighted by atomic mass is 16.5. The van der Waals surface area contributed by atoms with Gasteiger partial charge in [0.05, 0.1) is 13.0 Å². The van der Waals surface area contributed by atoms with Crippen molar-refractivity contribution in [1.29, 1.82) is 0 Å². The summed E-state index contributed by atoms with van der Waals surface area (Å²) in [5, 5.41) is 9.37. The van der Waals surface area contributed by atoms with E-state index in [0.29, 0.717) is 5.92 Å². The van der Waals surface area contributed by atoms with Gasteiger partial charge in [-0.3, -0.25) is 4.79 Å². The molecule has 0 heterocycles. The van der Waals surface area contributed by atoms with Gasteiger partial charge in [0.25, 0.3) is 0 Å². The minimum atomic E-state index is -0.727. The molecule has 92 valence electrons. The number of hydrogen-bond acceptors (Lipinski definition) is 2. The van der Waals surface area contributed by atoms with Crippen molar-refractivity contribution in [3.8, 4) is 5.75 Å². The van der Waals surface area contributed by atoms with E-state index in [1.165, 1.54) is 12.8 Å². The summed E-state index contributed by atoms with van der Waals surface area (Å²) in [7, 11) is 1.61. The normalized spacial score (nSPS) is 18.5. The molecule has 1 N–H and O–H groups in total. The molecule has 0 amide bonds. The summed E-state index contributed by atoms with van der Waals surface area (Å²) < 4.78 is 5.08. The number of rotatable bonds is 5.